The number of rotatable bonds is 10. The number of benzene rings is 3. The Morgan fingerprint density at radius 3 is 2.03 bits per heavy atom. The summed E-state index contributed by atoms with van der Waals surface area (Å²) in [4.78, 5) is 12.8. The summed E-state index contributed by atoms with van der Waals surface area (Å²) in [6.45, 7) is 10.0. The first kappa shape index (κ1) is 23.9. The zero-order chi connectivity index (χ0) is 24.9. The fraction of sp³-hybridized carbons (Fsp3) is 0.290. The minimum absolute atomic E-state index is 0.490. The van der Waals surface area contributed by atoms with Gasteiger partial charge >= 0.3 is 0 Å². The number of pyridine rings is 1. The molecule has 5 aromatic rings. The highest BCUT2D eigenvalue weighted by Gasteiger charge is 2.22. The van der Waals surface area contributed by atoms with Gasteiger partial charge in [-0.1, -0.05) is 99.6 Å². The van der Waals surface area contributed by atoms with Gasteiger partial charge in [0.15, 0.2) is 5.82 Å². The maximum atomic E-state index is 5.23. The molecule has 0 aliphatic carbocycles. The summed E-state index contributed by atoms with van der Waals surface area (Å²) in [5.41, 5.74) is 5.62. The molecular formula is C31H35N5. The quantitative estimate of drug-likeness (QED) is 0.230. The van der Waals surface area contributed by atoms with Crippen LogP contribution in [0.2, 0.25) is 0 Å². The number of para-hydroxylation sites is 1. The highest BCUT2D eigenvalue weighted by atomic mass is 15.2. The lowest BCUT2D eigenvalue weighted by molar-refractivity contribution is 0.536. The van der Waals surface area contributed by atoms with Crippen LogP contribution < -0.4 is 10.2 Å². The van der Waals surface area contributed by atoms with Crippen LogP contribution >= 0.6 is 0 Å². The normalized spacial score (nSPS) is 11.4. The van der Waals surface area contributed by atoms with E-state index in [1.54, 1.807) is 0 Å². The van der Waals surface area contributed by atoms with Crippen LogP contribution in [0.15, 0.2) is 84.9 Å². The van der Waals surface area contributed by atoms with Gasteiger partial charge in [-0.15, -0.1) is 0 Å². The van der Waals surface area contributed by atoms with Crippen LogP contribution in [0.3, 0.4) is 0 Å². The van der Waals surface area contributed by atoms with Crippen LogP contribution in [0.5, 0.6) is 0 Å². The molecule has 0 radical (unpaired) electrons. The molecule has 2 aromatic heterocycles. The van der Waals surface area contributed by atoms with Crippen molar-refractivity contribution < 1.29 is 0 Å². The van der Waals surface area contributed by atoms with E-state index in [-0.39, 0.29) is 0 Å². The third-order valence-electron chi connectivity index (χ3n) is 6.38. The molecule has 0 saturated heterocycles. The van der Waals surface area contributed by atoms with Crippen LogP contribution in [0.4, 0.5) is 11.8 Å². The fourth-order valence-electron chi connectivity index (χ4n) is 4.77. The van der Waals surface area contributed by atoms with Crippen LogP contribution in [-0.2, 0) is 19.6 Å². The van der Waals surface area contributed by atoms with E-state index < -0.39 is 0 Å². The summed E-state index contributed by atoms with van der Waals surface area (Å²) in [6, 6.07) is 29.7. The van der Waals surface area contributed by atoms with E-state index in [9.17, 15) is 0 Å². The molecule has 0 aliphatic rings. The predicted octanol–water partition coefficient (Wildman–Crippen LogP) is 7.27. The summed E-state index contributed by atoms with van der Waals surface area (Å²) in [5.74, 6) is 2.35. The fourth-order valence-corrected chi connectivity index (χ4v) is 4.77. The Kier molecular flexibility index (Phi) is 7.17. The van der Waals surface area contributed by atoms with Gasteiger partial charge in [-0.25, -0.2) is 9.97 Å². The predicted molar refractivity (Wildman–Crippen MR) is 151 cm³/mol. The Morgan fingerprint density at radius 1 is 0.806 bits per heavy atom. The van der Waals surface area contributed by atoms with Crippen molar-refractivity contribution in [1.29, 1.82) is 0 Å². The second-order valence-corrected chi connectivity index (χ2v) is 9.84. The van der Waals surface area contributed by atoms with E-state index in [1.165, 1.54) is 11.1 Å². The van der Waals surface area contributed by atoms with Gasteiger partial charge in [0, 0.05) is 31.6 Å². The molecule has 0 bridgehead atoms. The van der Waals surface area contributed by atoms with Crippen molar-refractivity contribution >= 4 is 33.7 Å². The molecule has 2 heterocycles. The van der Waals surface area contributed by atoms with E-state index in [4.69, 9.17) is 9.97 Å². The number of nitrogens with zero attached hydrogens (tertiary/aromatic N) is 4. The molecule has 5 heteroatoms. The van der Waals surface area contributed by atoms with Gasteiger partial charge < -0.3 is 14.8 Å². The molecule has 5 nitrogen and oxygen atoms in total. The lowest BCUT2D eigenvalue weighted by atomic mass is 10.1. The maximum absolute atomic E-state index is 5.23. The Morgan fingerprint density at radius 2 is 1.42 bits per heavy atom. The molecular weight excluding hydrogens is 442 g/mol. The van der Waals surface area contributed by atoms with Gasteiger partial charge in [-0.2, -0.15) is 0 Å². The van der Waals surface area contributed by atoms with Crippen molar-refractivity contribution in [1.82, 2.24) is 14.5 Å². The number of hydrogen-bond acceptors (Lipinski definition) is 4. The third-order valence-corrected chi connectivity index (χ3v) is 6.38. The molecule has 0 saturated carbocycles. The summed E-state index contributed by atoms with van der Waals surface area (Å²) < 4.78 is 2.37. The summed E-state index contributed by atoms with van der Waals surface area (Å²) in [5, 5.41) is 4.74. The number of fused-ring (bicyclic) bond motifs is 3. The molecule has 184 valence electrons. The monoisotopic (exact) mass is 477 g/mol. The molecule has 0 fully saturated rings. The summed E-state index contributed by atoms with van der Waals surface area (Å²) in [7, 11) is 0. The SMILES string of the molecule is CCCNc1nc2c(N(Cc3ccccc3)Cc3ccccc3)nc3ccccc3c2n1CC(C)C. The Labute approximate surface area is 213 Å². The second-order valence-electron chi connectivity index (χ2n) is 9.84. The lowest BCUT2D eigenvalue weighted by Crippen LogP contribution is -2.23. The number of nitrogens with one attached hydrogen (secondary N) is 1. The Bertz CT molecular complexity index is 1380. The number of hydrogen-bond donors (Lipinski definition) is 1. The molecule has 1 N–H and O–H groups in total. The van der Waals surface area contributed by atoms with Gasteiger partial charge in [0.1, 0.15) is 5.52 Å². The standard InChI is InChI=1S/C31H35N5/c1-4-19-32-31-34-28-29(36(31)20-23(2)3)26-17-11-12-18-27(26)33-30(28)35(21-24-13-7-5-8-14-24)22-25-15-9-6-10-16-25/h5-18,23H,4,19-22H2,1-3H3,(H,32,34). The van der Waals surface area contributed by atoms with E-state index in [2.05, 4.69) is 120 Å². The van der Waals surface area contributed by atoms with E-state index in [0.29, 0.717) is 5.92 Å². The summed E-state index contributed by atoms with van der Waals surface area (Å²) in [6.07, 6.45) is 1.05. The van der Waals surface area contributed by atoms with Crippen molar-refractivity contribution in [2.75, 3.05) is 16.8 Å². The average Bonchev–Trinajstić information content (AvgIpc) is 3.25. The van der Waals surface area contributed by atoms with Gasteiger partial charge in [0.2, 0.25) is 5.95 Å². The molecule has 5 rings (SSSR count). The van der Waals surface area contributed by atoms with Crippen molar-refractivity contribution in [2.45, 2.75) is 46.8 Å². The first-order valence-electron chi connectivity index (χ1n) is 13.0. The van der Waals surface area contributed by atoms with Gasteiger partial charge in [-0.3, -0.25) is 0 Å². The van der Waals surface area contributed by atoms with Gasteiger partial charge in [-0.05, 0) is 29.5 Å². The van der Waals surface area contributed by atoms with Crippen LogP contribution in [0, 0.1) is 5.92 Å². The number of imidazole rings is 1. The highest BCUT2D eigenvalue weighted by molar-refractivity contribution is 6.08. The van der Waals surface area contributed by atoms with E-state index in [1.807, 2.05) is 0 Å². The van der Waals surface area contributed by atoms with Crippen LogP contribution in [0.25, 0.3) is 21.9 Å². The third kappa shape index (κ3) is 5.06. The minimum Gasteiger partial charge on any atom is -0.356 e. The average molecular weight is 478 g/mol. The van der Waals surface area contributed by atoms with Crippen molar-refractivity contribution in [3.05, 3.63) is 96.1 Å². The largest absolute Gasteiger partial charge is 0.356 e. The van der Waals surface area contributed by atoms with Crippen molar-refractivity contribution in [3.63, 3.8) is 0 Å². The molecule has 0 unspecified atom stereocenters. The van der Waals surface area contributed by atoms with Crippen LogP contribution in [0.1, 0.15) is 38.3 Å². The molecule has 36 heavy (non-hydrogen) atoms. The molecule has 0 amide bonds. The molecule has 0 aliphatic heterocycles. The van der Waals surface area contributed by atoms with E-state index >= 15 is 0 Å². The minimum atomic E-state index is 0.490. The Hall–Kier alpha value is -3.86. The smallest absolute Gasteiger partial charge is 0.204 e. The van der Waals surface area contributed by atoms with E-state index in [0.717, 1.165) is 66.3 Å². The molecule has 0 atom stereocenters. The maximum Gasteiger partial charge on any atom is 0.204 e. The van der Waals surface area contributed by atoms with Gasteiger partial charge in [0.05, 0.1) is 11.0 Å². The zero-order valence-corrected chi connectivity index (χ0v) is 21.5. The number of anilines is 2. The molecule has 0 spiro atoms. The van der Waals surface area contributed by atoms with Crippen molar-refractivity contribution in [3.8, 4) is 0 Å². The second kappa shape index (κ2) is 10.8. The van der Waals surface area contributed by atoms with Crippen LogP contribution in [-0.4, -0.2) is 21.1 Å². The van der Waals surface area contributed by atoms with Crippen molar-refractivity contribution in [2.24, 2.45) is 5.92 Å². The topological polar surface area (TPSA) is 46.0 Å². The zero-order valence-electron chi connectivity index (χ0n) is 21.5. The summed E-state index contributed by atoms with van der Waals surface area (Å²) >= 11 is 0. The first-order chi connectivity index (χ1) is 17.6. The first-order valence-corrected chi connectivity index (χ1v) is 13.0. The van der Waals surface area contributed by atoms with Gasteiger partial charge in [0.25, 0.3) is 0 Å². The lowest BCUT2D eigenvalue weighted by Gasteiger charge is -2.25. The molecule has 3 aromatic carbocycles. The number of aromatic nitrogens is 3. The Balaban J connectivity index is 1.74. The highest BCUT2D eigenvalue weighted by Crippen LogP contribution is 2.35.